The number of aromatic amines is 3. The van der Waals surface area contributed by atoms with Crippen LogP contribution in [-0.4, -0.2) is 30.4 Å². The van der Waals surface area contributed by atoms with Crippen LogP contribution >= 0.6 is 22.6 Å². The SMILES string of the molecule is O=c1[nH][nH]c2cc(Nc3nc(Nc4cc(C5CC5)n[nH]4)c4cc(I)ccc4n3)ccc12. The van der Waals surface area contributed by atoms with Crippen LogP contribution in [0.5, 0.6) is 0 Å². The van der Waals surface area contributed by atoms with Gasteiger partial charge in [-0.15, -0.1) is 0 Å². The molecule has 31 heavy (non-hydrogen) atoms. The van der Waals surface area contributed by atoms with Crippen molar-refractivity contribution < 1.29 is 0 Å². The Morgan fingerprint density at radius 1 is 0.968 bits per heavy atom. The lowest BCUT2D eigenvalue weighted by Crippen LogP contribution is -2.03. The number of rotatable bonds is 5. The maximum atomic E-state index is 11.7. The van der Waals surface area contributed by atoms with Crippen LogP contribution in [0, 0.1) is 3.57 Å². The molecular weight excluding hydrogens is 507 g/mol. The fourth-order valence-electron chi connectivity index (χ4n) is 3.61. The summed E-state index contributed by atoms with van der Waals surface area (Å²) < 4.78 is 1.10. The van der Waals surface area contributed by atoms with E-state index in [1.807, 2.05) is 30.3 Å². The van der Waals surface area contributed by atoms with Crippen molar-refractivity contribution in [3.8, 4) is 0 Å². The molecular formula is C21H17IN8O. The third-order valence-corrected chi connectivity index (χ3v) is 6.01. The Labute approximate surface area is 189 Å². The van der Waals surface area contributed by atoms with Crippen molar-refractivity contribution in [2.75, 3.05) is 10.6 Å². The first kappa shape index (κ1) is 18.4. The van der Waals surface area contributed by atoms with E-state index < -0.39 is 0 Å². The van der Waals surface area contributed by atoms with Crippen LogP contribution in [0.4, 0.5) is 23.3 Å². The lowest BCUT2D eigenvalue weighted by Gasteiger charge is -2.11. The van der Waals surface area contributed by atoms with Gasteiger partial charge < -0.3 is 10.6 Å². The average molecular weight is 524 g/mol. The van der Waals surface area contributed by atoms with Crippen LogP contribution in [0.3, 0.4) is 0 Å². The van der Waals surface area contributed by atoms with Crippen molar-refractivity contribution >= 4 is 67.7 Å². The number of nitrogens with zero attached hydrogens (tertiary/aromatic N) is 3. The molecule has 0 radical (unpaired) electrons. The molecule has 3 heterocycles. The van der Waals surface area contributed by atoms with Crippen LogP contribution in [0.2, 0.25) is 0 Å². The van der Waals surface area contributed by atoms with Gasteiger partial charge >= 0.3 is 0 Å². The Kier molecular flexibility index (Phi) is 4.19. The smallest absolute Gasteiger partial charge is 0.271 e. The summed E-state index contributed by atoms with van der Waals surface area (Å²) in [4.78, 5) is 21.1. The second-order valence-corrected chi connectivity index (χ2v) is 8.87. The molecule has 10 heteroatoms. The van der Waals surface area contributed by atoms with Crippen LogP contribution in [0.1, 0.15) is 24.5 Å². The number of H-pyrrole nitrogens is 3. The molecule has 0 aliphatic heterocycles. The second kappa shape index (κ2) is 7.08. The molecule has 0 spiro atoms. The fraction of sp³-hybridized carbons (Fsp3) is 0.143. The Morgan fingerprint density at radius 2 is 1.87 bits per heavy atom. The van der Waals surface area contributed by atoms with Crippen LogP contribution in [0.15, 0.2) is 47.3 Å². The molecule has 1 aliphatic rings. The minimum atomic E-state index is -0.144. The molecule has 6 rings (SSSR count). The van der Waals surface area contributed by atoms with E-state index in [0.29, 0.717) is 28.6 Å². The molecule has 0 atom stereocenters. The number of anilines is 4. The molecule has 5 aromatic rings. The topological polar surface area (TPSA) is 127 Å². The summed E-state index contributed by atoms with van der Waals surface area (Å²) in [5, 5.41) is 21.1. The maximum absolute atomic E-state index is 11.7. The molecule has 154 valence electrons. The number of aromatic nitrogens is 6. The minimum Gasteiger partial charge on any atom is -0.325 e. The normalized spacial score (nSPS) is 13.7. The van der Waals surface area contributed by atoms with Crippen molar-refractivity contribution in [2.45, 2.75) is 18.8 Å². The summed E-state index contributed by atoms with van der Waals surface area (Å²) in [6.45, 7) is 0. The Bertz CT molecular complexity index is 1500. The van der Waals surface area contributed by atoms with Crippen LogP contribution < -0.4 is 16.2 Å². The predicted molar refractivity (Wildman–Crippen MR) is 128 cm³/mol. The summed E-state index contributed by atoms with van der Waals surface area (Å²) in [6, 6.07) is 13.5. The van der Waals surface area contributed by atoms with E-state index in [1.165, 1.54) is 12.8 Å². The number of fused-ring (bicyclic) bond motifs is 2. The molecule has 9 nitrogen and oxygen atoms in total. The summed E-state index contributed by atoms with van der Waals surface area (Å²) in [7, 11) is 0. The Morgan fingerprint density at radius 3 is 2.74 bits per heavy atom. The third kappa shape index (κ3) is 3.52. The number of nitrogens with one attached hydrogen (secondary N) is 5. The first-order valence-electron chi connectivity index (χ1n) is 9.89. The molecule has 1 saturated carbocycles. The lowest BCUT2D eigenvalue weighted by molar-refractivity contribution is 0.966. The number of hydrogen-bond donors (Lipinski definition) is 5. The molecule has 5 N–H and O–H groups in total. The lowest BCUT2D eigenvalue weighted by atomic mass is 10.2. The van der Waals surface area contributed by atoms with Gasteiger partial charge in [0.2, 0.25) is 5.95 Å². The molecule has 3 aromatic heterocycles. The van der Waals surface area contributed by atoms with Crippen molar-refractivity contribution in [1.82, 2.24) is 30.4 Å². The number of benzene rings is 2. The highest BCUT2D eigenvalue weighted by molar-refractivity contribution is 14.1. The summed E-state index contributed by atoms with van der Waals surface area (Å²) >= 11 is 2.28. The van der Waals surface area contributed by atoms with Gasteiger partial charge in [-0.2, -0.15) is 10.1 Å². The monoisotopic (exact) mass is 524 g/mol. The van der Waals surface area contributed by atoms with E-state index in [4.69, 9.17) is 4.98 Å². The van der Waals surface area contributed by atoms with Crippen LogP contribution in [-0.2, 0) is 0 Å². The average Bonchev–Trinajstić information content (AvgIpc) is 3.40. The Balaban J connectivity index is 1.38. The van der Waals surface area contributed by atoms with E-state index in [1.54, 1.807) is 6.07 Å². The first-order valence-corrected chi connectivity index (χ1v) is 11.0. The zero-order valence-electron chi connectivity index (χ0n) is 16.2. The van der Waals surface area contributed by atoms with Gasteiger partial charge in [-0.25, -0.2) is 4.98 Å². The zero-order valence-corrected chi connectivity index (χ0v) is 18.3. The van der Waals surface area contributed by atoms with Gasteiger partial charge in [0.25, 0.3) is 5.56 Å². The molecule has 2 aromatic carbocycles. The Hall–Kier alpha value is -3.41. The molecule has 0 bridgehead atoms. The van der Waals surface area contributed by atoms with E-state index >= 15 is 0 Å². The molecule has 0 unspecified atom stereocenters. The highest BCUT2D eigenvalue weighted by Gasteiger charge is 2.26. The van der Waals surface area contributed by atoms with E-state index in [0.717, 1.165) is 31.7 Å². The van der Waals surface area contributed by atoms with Gasteiger partial charge in [0.1, 0.15) is 11.6 Å². The second-order valence-electron chi connectivity index (χ2n) is 7.63. The van der Waals surface area contributed by atoms with E-state index in [9.17, 15) is 4.79 Å². The molecule has 1 aliphatic carbocycles. The van der Waals surface area contributed by atoms with Gasteiger partial charge in [0, 0.05) is 26.6 Å². The van der Waals surface area contributed by atoms with Crippen molar-refractivity contribution in [1.29, 1.82) is 0 Å². The van der Waals surface area contributed by atoms with Gasteiger partial charge in [-0.05, 0) is 71.8 Å². The van der Waals surface area contributed by atoms with Crippen molar-refractivity contribution in [3.05, 3.63) is 62.1 Å². The van der Waals surface area contributed by atoms with Crippen molar-refractivity contribution in [2.24, 2.45) is 0 Å². The van der Waals surface area contributed by atoms with E-state index in [-0.39, 0.29) is 5.56 Å². The van der Waals surface area contributed by atoms with Gasteiger partial charge in [-0.1, -0.05) is 0 Å². The zero-order chi connectivity index (χ0) is 20.9. The van der Waals surface area contributed by atoms with Crippen LogP contribution in [0.25, 0.3) is 21.8 Å². The predicted octanol–water partition coefficient (Wildman–Crippen LogP) is 4.49. The standard InChI is InChI=1S/C21H17IN8O/c22-11-3-6-15-14(7-11)19(25-18-9-16(27-29-18)10-1-2-10)26-21(24-15)23-12-4-5-13-17(8-12)28-30-20(13)31/h3-10H,1-2H2,(H2,28,30,31)(H3,23,24,25,26,27,29). The van der Waals surface area contributed by atoms with Gasteiger partial charge in [0.05, 0.1) is 22.1 Å². The number of halogens is 1. The van der Waals surface area contributed by atoms with Gasteiger partial charge in [0.15, 0.2) is 0 Å². The highest BCUT2D eigenvalue weighted by atomic mass is 127. The molecule has 0 saturated heterocycles. The molecule has 0 amide bonds. The van der Waals surface area contributed by atoms with Gasteiger partial charge in [-0.3, -0.25) is 20.1 Å². The maximum Gasteiger partial charge on any atom is 0.271 e. The summed E-state index contributed by atoms with van der Waals surface area (Å²) in [5.41, 5.74) is 3.25. The summed E-state index contributed by atoms with van der Waals surface area (Å²) in [6.07, 6.45) is 2.40. The molecule has 1 fully saturated rings. The highest BCUT2D eigenvalue weighted by Crippen LogP contribution is 2.40. The number of hydrogen-bond acceptors (Lipinski definition) is 6. The summed E-state index contributed by atoms with van der Waals surface area (Å²) in [5.74, 6) is 2.52. The first-order chi connectivity index (χ1) is 15.1. The van der Waals surface area contributed by atoms with Crippen molar-refractivity contribution in [3.63, 3.8) is 0 Å². The van der Waals surface area contributed by atoms with E-state index in [2.05, 4.69) is 64.7 Å². The largest absolute Gasteiger partial charge is 0.325 e. The third-order valence-electron chi connectivity index (χ3n) is 5.34. The minimum absolute atomic E-state index is 0.144. The fourth-order valence-corrected chi connectivity index (χ4v) is 4.10. The quantitative estimate of drug-likeness (QED) is 0.216.